The van der Waals surface area contributed by atoms with E-state index in [-0.39, 0.29) is 16.3 Å². The maximum absolute atomic E-state index is 11.6. The van der Waals surface area contributed by atoms with Crippen molar-refractivity contribution >= 4 is 27.2 Å². The number of nitro groups is 1. The minimum absolute atomic E-state index is 0.0748. The van der Waals surface area contributed by atoms with Gasteiger partial charge in [-0.1, -0.05) is 19.8 Å². The highest BCUT2D eigenvalue weighted by atomic mass is 32.2. The van der Waals surface area contributed by atoms with Crippen LogP contribution >= 0.6 is 0 Å². The number of anilines is 1. The molecule has 0 saturated heterocycles. The van der Waals surface area contributed by atoms with E-state index in [1.54, 1.807) is 7.05 Å². The zero-order chi connectivity index (χ0) is 21.5. The van der Waals surface area contributed by atoms with Crippen LogP contribution in [-0.4, -0.2) is 52.2 Å². The van der Waals surface area contributed by atoms with Gasteiger partial charge < -0.3 is 16.0 Å². The van der Waals surface area contributed by atoms with Crippen molar-refractivity contribution < 1.29 is 13.3 Å². The predicted molar refractivity (Wildman–Crippen MR) is 115 cm³/mol. The molecule has 10 heteroatoms. The van der Waals surface area contributed by atoms with Gasteiger partial charge in [0.25, 0.3) is 5.69 Å². The van der Waals surface area contributed by atoms with Crippen molar-refractivity contribution in [1.82, 2.24) is 10.6 Å². The molecule has 2 rings (SSSR count). The van der Waals surface area contributed by atoms with E-state index in [1.165, 1.54) is 37.8 Å². The number of aliphatic imine (C=N–C) groups is 1. The molecule has 0 unspecified atom stereocenters. The van der Waals surface area contributed by atoms with Crippen molar-refractivity contribution in [3.8, 4) is 0 Å². The number of benzene rings is 1. The number of nitrogens with zero attached hydrogens (tertiary/aromatic N) is 2. The predicted octanol–water partition coefficient (Wildman–Crippen LogP) is 2.55. The second kappa shape index (κ2) is 9.91. The maximum Gasteiger partial charge on any atom is 0.293 e. The Balaban J connectivity index is 1.88. The van der Waals surface area contributed by atoms with E-state index < -0.39 is 14.8 Å². The van der Waals surface area contributed by atoms with Gasteiger partial charge in [0.05, 0.1) is 9.82 Å². The van der Waals surface area contributed by atoms with E-state index >= 15 is 0 Å². The van der Waals surface area contributed by atoms with Crippen molar-refractivity contribution in [2.45, 2.75) is 43.9 Å². The van der Waals surface area contributed by atoms with Crippen LogP contribution in [0.5, 0.6) is 0 Å². The van der Waals surface area contributed by atoms with Crippen molar-refractivity contribution in [3.05, 3.63) is 28.3 Å². The van der Waals surface area contributed by atoms with Gasteiger partial charge in [-0.2, -0.15) is 0 Å². The van der Waals surface area contributed by atoms with Gasteiger partial charge in [-0.05, 0) is 36.8 Å². The van der Waals surface area contributed by atoms with Crippen LogP contribution in [0.1, 0.15) is 39.0 Å². The van der Waals surface area contributed by atoms with E-state index in [0.717, 1.165) is 25.3 Å². The molecule has 162 valence electrons. The number of sulfone groups is 1. The Morgan fingerprint density at radius 3 is 2.48 bits per heavy atom. The molecule has 1 fully saturated rings. The lowest BCUT2D eigenvalue weighted by molar-refractivity contribution is -0.384. The average Bonchev–Trinajstić information content (AvgIpc) is 3.16. The summed E-state index contributed by atoms with van der Waals surface area (Å²) >= 11 is 0. The van der Waals surface area contributed by atoms with E-state index in [4.69, 9.17) is 0 Å². The third-order valence-corrected chi connectivity index (χ3v) is 6.71. The summed E-state index contributed by atoms with van der Waals surface area (Å²) in [5, 5.41) is 20.9. The minimum atomic E-state index is -3.50. The number of nitro benzene ring substituents is 1. The number of hydrogen-bond donors (Lipinski definition) is 3. The molecule has 0 radical (unpaired) electrons. The molecule has 1 aliphatic rings. The highest BCUT2D eigenvalue weighted by Crippen LogP contribution is 2.40. The van der Waals surface area contributed by atoms with Crippen molar-refractivity contribution in [1.29, 1.82) is 0 Å². The number of nitrogens with one attached hydrogen (secondary N) is 3. The summed E-state index contributed by atoms with van der Waals surface area (Å²) in [7, 11) is -1.79. The zero-order valence-corrected chi connectivity index (χ0v) is 18.1. The smallest absolute Gasteiger partial charge is 0.293 e. The Morgan fingerprint density at radius 1 is 1.24 bits per heavy atom. The van der Waals surface area contributed by atoms with Crippen molar-refractivity contribution in [2.75, 3.05) is 38.3 Å². The molecule has 1 saturated carbocycles. The molecule has 0 aromatic heterocycles. The minimum Gasteiger partial charge on any atom is -0.378 e. The summed E-state index contributed by atoms with van der Waals surface area (Å²) in [4.78, 5) is 14.9. The summed E-state index contributed by atoms with van der Waals surface area (Å²) in [6, 6.07) is 3.87. The molecule has 0 heterocycles. The van der Waals surface area contributed by atoms with Crippen LogP contribution in [0.4, 0.5) is 11.4 Å². The molecular formula is C19H31N5O4S. The number of guanidine groups is 1. The first-order valence-corrected chi connectivity index (χ1v) is 11.8. The van der Waals surface area contributed by atoms with Crippen molar-refractivity contribution in [3.63, 3.8) is 0 Å². The van der Waals surface area contributed by atoms with Crippen LogP contribution in [0, 0.1) is 15.5 Å². The largest absolute Gasteiger partial charge is 0.378 e. The highest BCUT2D eigenvalue weighted by molar-refractivity contribution is 7.90. The van der Waals surface area contributed by atoms with Crippen LogP contribution in [0.2, 0.25) is 0 Å². The number of rotatable bonds is 9. The Hall–Kier alpha value is -2.36. The quantitative estimate of drug-likeness (QED) is 0.182. The lowest BCUT2D eigenvalue weighted by Crippen LogP contribution is -2.44. The fourth-order valence-corrected chi connectivity index (χ4v) is 4.33. The fraction of sp³-hybridized carbons (Fsp3) is 0.632. The van der Waals surface area contributed by atoms with Gasteiger partial charge in [-0.25, -0.2) is 8.42 Å². The Morgan fingerprint density at radius 2 is 1.93 bits per heavy atom. The highest BCUT2D eigenvalue weighted by Gasteiger charge is 2.31. The van der Waals surface area contributed by atoms with Gasteiger partial charge in [0.2, 0.25) is 0 Å². The third kappa shape index (κ3) is 6.31. The first-order valence-electron chi connectivity index (χ1n) is 9.88. The van der Waals surface area contributed by atoms with Crippen LogP contribution in [0.15, 0.2) is 28.1 Å². The molecular weight excluding hydrogens is 394 g/mol. The molecule has 29 heavy (non-hydrogen) atoms. The van der Waals surface area contributed by atoms with Crippen LogP contribution in [0.3, 0.4) is 0 Å². The van der Waals surface area contributed by atoms with Crippen LogP contribution in [0.25, 0.3) is 0 Å². The molecule has 1 aliphatic carbocycles. The molecule has 1 aromatic carbocycles. The van der Waals surface area contributed by atoms with Gasteiger partial charge >= 0.3 is 0 Å². The summed E-state index contributed by atoms with van der Waals surface area (Å²) < 4.78 is 23.2. The molecule has 0 aliphatic heterocycles. The normalized spacial score (nSPS) is 16.4. The topological polar surface area (TPSA) is 126 Å². The lowest BCUT2D eigenvalue weighted by atomic mass is 9.83. The second-order valence-corrected chi connectivity index (χ2v) is 9.56. The molecule has 3 N–H and O–H groups in total. The van der Waals surface area contributed by atoms with Gasteiger partial charge in [0.15, 0.2) is 15.8 Å². The van der Waals surface area contributed by atoms with E-state index in [2.05, 4.69) is 27.9 Å². The van der Waals surface area contributed by atoms with Gasteiger partial charge in [0, 0.05) is 39.0 Å². The SMILES string of the molecule is CCC1(CNC(=NC)NCCNc2ccc(S(C)(=O)=O)cc2[N+](=O)[O-])CCCC1. The summed E-state index contributed by atoms with van der Waals surface area (Å²) in [5.41, 5.74) is 0.363. The summed E-state index contributed by atoms with van der Waals surface area (Å²) in [5.74, 6) is 0.702. The first kappa shape index (κ1) is 22.9. The summed E-state index contributed by atoms with van der Waals surface area (Å²) in [6.45, 7) is 4.03. The fourth-order valence-electron chi connectivity index (χ4n) is 3.69. The van der Waals surface area contributed by atoms with Crippen LogP contribution < -0.4 is 16.0 Å². The van der Waals surface area contributed by atoms with Gasteiger partial charge in [-0.15, -0.1) is 0 Å². The van der Waals surface area contributed by atoms with Gasteiger partial charge in [0.1, 0.15) is 5.69 Å². The standard InChI is InChI=1S/C19H31N5O4S/c1-4-19(9-5-6-10-19)14-23-18(20-2)22-12-11-21-16-8-7-15(29(3,27)28)13-17(16)24(25)26/h7-8,13,21H,4-6,9-12,14H2,1-3H3,(H2,20,22,23). The van der Waals surface area contributed by atoms with E-state index in [9.17, 15) is 18.5 Å². The Kier molecular flexibility index (Phi) is 7.83. The molecule has 0 amide bonds. The Labute approximate surface area is 172 Å². The third-order valence-electron chi connectivity index (χ3n) is 5.60. The Bertz CT molecular complexity index is 848. The maximum atomic E-state index is 11.6. The van der Waals surface area contributed by atoms with Crippen LogP contribution in [-0.2, 0) is 9.84 Å². The molecule has 0 bridgehead atoms. The molecule has 0 atom stereocenters. The van der Waals surface area contributed by atoms with Gasteiger partial charge in [-0.3, -0.25) is 15.1 Å². The molecule has 1 aromatic rings. The molecule has 9 nitrogen and oxygen atoms in total. The van der Waals surface area contributed by atoms with E-state index in [1.807, 2.05) is 0 Å². The number of hydrogen-bond acceptors (Lipinski definition) is 6. The monoisotopic (exact) mass is 425 g/mol. The zero-order valence-electron chi connectivity index (χ0n) is 17.3. The lowest BCUT2D eigenvalue weighted by Gasteiger charge is -2.28. The second-order valence-electron chi connectivity index (χ2n) is 7.55. The van der Waals surface area contributed by atoms with E-state index in [0.29, 0.717) is 24.5 Å². The average molecular weight is 426 g/mol. The summed E-state index contributed by atoms with van der Waals surface area (Å²) in [6.07, 6.45) is 7.21. The first-order chi connectivity index (χ1) is 13.7. The van der Waals surface area contributed by atoms with Crippen molar-refractivity contribution in [2.24, 2.45) is 10.4 Å². The molecule has 0 spiro atoms.